The summed E-state index contributed by atoms with van der Waals surface area (Å²) in [4.78, 5) is 2.71. The van der Waals surface area contributed by atoms with Gasteiger partial charge in [0.2, 0.25) is 0 Å². The largest absolute Gasteiger partial charge is 0.384 e. The SMILES string of the molecule is CCCN(CCC)[C@H]1Cc2c(-c3ccno3)ccc3c2[C@@H](CN3)C1. The maximum atomic E-state index is 5.49. The fraction of sp³-hybridized carbons (Fsp3) is 0.550. The molecule has 1 aliphatic heterocycles. The van der Waals surface area contributed by atoms with Crippen LogP contribution in [0.4, 0.5) is 5.69 Å². The second-order valence-electron chi connectivity index (χ2n) is 7.14. The van der Waals surface area contributed by atoms with Gasteiger partial charge in [-0.1, -0.05) is 19.0 Å². The highest BCUT2D eigenvalue weighted by atomic mass is 16.5. The Morgan fingerprint density at radius 1 is 1.21 bits per heavy atom. The Morgan fingerprint density at radius 3 is 2.75 bits per heavy atom. The van der Waals surface area contributed by atoms with E-state index in [2.05, 4.69) is 41.4 Å². The van der Waals surface area contributed by atoms with E-state index in [1.807, 2.05) is 6.07 Å². The molecule has 128 valence electrons. The van der Waals surface area contributed by atoms with E-state index in [1.165, 1.54) is 54.7 Å². The zero-order valence-corrected chi connectivity index (χ0v) is 14.7. The molecule has 0 radical (unpaired) electrons. The molecule has 2 aliphatic rings. The lowest BCUT2D eigenvalue weighted by Gasteiger charge is -2.37. The van der Waals surface area contributed by atoms with Crippen molar-refractivity contribution in [3.8, 4) is 11.3 Å². The van der Waals surface area contributed by atoms with Crippen molar-refractivity contribution in [2.45, 2.75) is 51.5 Å². The Morgan fingerprint density at radius 2 is 2.04 bits per heavy atom. The van der Waals surface area contributed by atoms with Crippen LogP contribution in [0.3, 0.4) is 0 Å². The van der Waals surface area contributed by atoms with Gasteiger partial charge in [-0.15, -0.1) is 0 Å². The van der Waals surface area contributed by atoms with E-state index in [4.69, 9.17) is 4.52 Å². The normalized spacial score (nSPS) is 21.8. The van der Waals surface area contributed by atoms with Gasteiger partial charge in [0.15, 0.2) is 5.76 Å². The summed E-state index contributed by atoms with van der Waals surface area (Å²) < 4.78 is 5.49. The van der Waals surface area contributed by atoms with Crippen LogP contribution in [-0.2, 0) is 6.42 Å². The third-order valence-corrected chi connectivity index (χ3v) is 5.54. The van der Waals surface area contributed by atoms with E-state index >= 15 is 0 Å². The number of hydrogen-bond donors (Lipinski definition) is 1. The topological polar surface area (TPSA) is 41.3 Å². The van der Waals surface area contributed by atoms with Crippen molar-refractivity contribution >= 4 is 5.69 Å². The molecule has 0 amide bonds. The van der Waals surface area contributed by atoms with Crippen molar-refractivity contribution in [1.29, 1.82) is 0 Å². The summed E-state index contributed by atoms with van der Waals surface area (Å²) in [6.45, 7) is 8.05. The van der Waals surface area contributed by atoms with E-state index < -0.39 is 0 Å². The lowest BCUT2D eigenvalue weighted by atomic mass is 9.78. The minimum Gasteiger partial charge on any atom is -0.384 e. The van der Waals surface area contributed by atoms with Crippen LogP contribution in [0.1, 0.15) is 50.2 Å². The Bertz CT molecular complexity index is 689. The smallest absolute Gasteiger partial charge is 0.167 e. The molecule has 1 aromatic carbocycles. The molecule has 0 spiro atoms. The van der Waals surface area contributed by atoms with Gasteiger partial charge in [0.1, 0.15) is 0 Å². The molecule has 0 bridgehead atoms. The van der Waals surface area contributed by atoms with Crippen LogP contribution < -0.4 is 5.32 Å². The van der Waals surface area contributed by atoms with Gasteiger partial charge in [-0.25, -0.2) is 0 Å². The Balaban J connectivity index is 1.73. The average molecular weight is 325 g/mol. The third-order valence-electron chi connectivity index (χ3n) is 5.54. The van der Waals surface area contributed by atoms with Gasteiger partial charge < -0.3 is 14.7 Å². The van der Waals surface area contributed by atoms with E-state index in [1.54, 1.807) is 6.20 Å². The lowest BCUT2D eigenvalue weighted by molar-refractivity contribution is 0.172. The third kappa shape index (κ3) is 2.63. The predicted octanol–water partition coefficient (Wildman–Crippen LogP) is 4.29. The zero-order chi connectivity index (χ0) is 16.5. The zero-order valence-electron chi connectivity index (χ0n) is 14.7. The summed E-state index contributed by atoms with van der Waals surface area (Å²) in [6, 6.07) is 7.04. The van der Waals surface area contributed by atoms with Gasteiger partial charge >= 0.3 is 0 Å². The molecule has 1 N–H and O–H groups in total. The average Bonchev–Trinajstić information content (AvgIpc) is 3.26. The van der Waals surface area contributed by atoms with E-state index in [9.17, 15) is 0 Å². The van der Waals surface area contributed by atoms with Crippen LogP contribution >= 0.6 is 0 Å². The number of rotatable bonds is 6. The van der Waals surface area contributed by atoms with Crippen molar-refractivity contribution in [2.75, 3.05) is 25.0 Å². The standard InChI is InChI=1S/C20H27N3O/c1-3-9-23(10-4-2)15-11-14-13-21-18-6-5-16(17(12-15)20(14)18)19-7-8-22-24-19/h5-8,14-15,21H,3-4,9-13H2,1-2H3/t14-,15-/m1/s1. The highest BCUT2D eigenvalue weighted by Gasteiger charge is 2.36. The maximum Gasteiger partial charge on any atom is 0.167 e. The number of nitrogens with one attached hydrogen (secondary N) is 1. The quantitative estimate of drug-likeness (QED) is 0.860. The Hall–Kier alpha value is -1.81. The predicted molar refractivity (Wildman–Crippen MR) is 97.4 cm³/mol. The first-order chi connectivity index (χ1) is 11.8. The molecular weight excluding hydrogens is 298 g/mol. The van der Waals surface area contributed by atoms with Crippen LogP contribution in [0.2, 0.25) is 0 Å². The van der Waals surface area contributed by atoms with Crippen LogP contribution in [0.25, 0.3) is 11.3 Å². The summed E-state index contributed by atoms with van der Waals surface area (Å²) in [5, 5.41) is 7.53. The molecule has 1 aliphatic carbocycles. The van der Waals surface area contributed by atoms with Crippen LogP contribution in [0.15, 0.2) is 28.9 Å². The van der Waals surface area contributed by atoms with Crippen molar-refractivity contribution in [2.24, 2.45) is 0 Å². The molecule has 0 fully saturated rings. The number of anilines is 1. The Labute approximate surface area is 144 Å². The highest BCUT2D eigenvalue weighted by molar-refractivity contribution is 5.73. The highest BCUT2D eigenvalue weighted by Crippen LogP contribution is 2.46. The van der Waals surface area contributed by atoms with E-state index in [-0.39, 0.29) is 0 Å². The number of nitrogens with zero attached hydrogens (tertiary/aromatic N) is 2. The minimum atomic E-state index is 0.632. The van der Waals surface area contributed by atoms with Crippen molar-refractivity contribution in [3.63, 3.8) is 0 Å². The first-order valence-corrected chi connectivity index (χ1v) is 9.36. The summed E-state index contributed by atoms with van der Waals surface area (Å²) in [5.74, 6) is 1.53. The number of hydrogen-bond acceptors (Lipinski definition) is 4. The molecule has 0 saturated heterocycles. The van der Waals surface area contributed by atoms with Crippen molar-refractivity contribution in [1.82, 2.24) is 10.1 Å². The fourth-order valence-corrected chi connectivity index (χ4v) is 4.60. The first kappa shape index (κ1) is 15.7. The summed E-state index contributed by atoms with van der Waals surface area (Å²) in [5.41, 5.74) is 5.58. The van der Waals surface area contributed by atoms with Gasteiger partial charge in [-0.05, 0) is 62.0 Å². The molecule has 2 atom stereocenters. The molecule has 24 heavy (non-hydrogen) atoms. The summed E-state index contributed by atoms with van der Waals surface area (Å²) in [6.07, 6.45) is 6.58. The summed E-state index contributed by atoms with van der Waals surface area (Å²) in [7, 11) is 0. The molecule has 4 rings (SSSR count). The van der Waals surface area contributed by atoms with Gasteiger partial charge in [0.05, 0.1) is 6.20 Å². The van der Waals surface area contributed by atoms with E-state index in [0.29, 0.717) is 12.0 Å². The van der Waals surface area contributed by atoms with E-state index in [0.717, 1.165) is 18.7 Å². The molecule has 0 saturated carbocycles. The molecular formula is C20H27N3O. The molecule has 2 aromatic rings. The first-order valence-electron chi connectivity index (χ1n) is 9.36. The Kier molecular flexibility index (Phi) is 4.31. The fourth-order valence-electron chi connectivity index (χ4n) is 4.60. The van der Waals surface area contributed by atoms with Gasteiger partial charge in [0.25, 0.3) is 0 Å². The van der Waals surface area contributed by atoms with Gasteiger partial charge in [-0.3, -0.25) is 0 Å². The van der Waals surface area contributed by atoms with Crippen LogP contribution in [-0.4, -0.2) is 35.7 Å². The van der Waals surface area contributed by atoms with Crippen molar-refractivity contribution < 1.29 is 4.52 Å². The molecule has 1 aromatic heterocycles. The van der Waals surface area contributed by atoms with Crippen molar-refractivity contribution in [3.05, 3.63) is 35.5 Å². The number of aromatic nitrogens is 1. The second kappa shape index (κ2) is 6.60. The second-order valence-corrected chi connectivity index (χ2v) is 7.14. The van der Waals surface area contributed by atoms with Gasteiger partial charge in [-0.2, -0.15) is 0 Å². The molecule has 0 unspecified atom stereocenters. The number of benzene rings is 1. The minimum absolute atomic E-state index is 0.632. The molecule has 4 heteroatoms. The molecule has 2 heterocycles. The van der Waals surface area contributed by atoms with Crippen LogP contribution in [0, 0.1) is 0 Å². The lowest BCUT2D eigenvalue weighted by Crippen LogP contribution is -2.41. The monoisotopic (exact) mass is 325 g/mol. The van der Waals surface area contributed by atoms with Crippen LogP contribution in [0.5, 0.6) is 0 Å². The summed E-state index contributed by atoms with van der Waals surface area (Å²) >= 11 is 0. The molecule has 4 nitrogen and oxygen atoms in total. The van der Waals surface area contributed by atoms with Gasteiger partial charge in [0, 0.05) is 35.8 Å². The maximum absolute atomic E-state index is 5.49.